The van der Waals surface area contributed by atoms with Gasteiger partial charge in [0.25, 0.3) is 0 Å². The van der Waals surface area contributed by atoms with Crippen molar-refractivity contribution in [3.8, 4) is 0 Å². The van der Waals surface area contributed by atoms with Gasteiger partial charge in [0.05, 0.1) is 24.0 Å². The number of anilines is 2. The van der Waals surface area contributed by atoms with Gasteiger partial charge < -0.3 is 15.0 Å². The maximum Gasteiger partial charge on any atom is 0.243 e. The number of rotatable bonds is 5. The number of nitrogens with zero attached hydrogens (tertiary/aromatic N) is 2. The van der Waals surface area contributed by atoms with E-state index in [9.17, 15) is 18.0 Å². The predicted octanol–water partition coefficient (Wildman–Crippen LogP) is 2.01. The van der Waals surface area contributed by atoms with Gasteiger partial charge in [-0.05, 0) is 42.8 Å². The van der Waals surface area contributed by atoms with Gasteiger partial charge in [0.15, 0.2) is 0 Å². The minimum atomic E-state index is -3.58. The summed E-state index contributed by atoms with van der Waals surface area (Å²) in [5, 5.41) is 2.80. The Hall–Kier alpha value is -2.75. The number of carbonyl (C=O) groups excluding carboxylic acids is 2. The van der Waals surface area contributed by atoms with Gasteiger partial charge in [0, 0.05) is 37.4 Å². The fourth-order valence-corrected chi connectivity index (χ4v) is 5.28. The summed E-state index contributed by atoms with van der Waals surface area (Å²) in [5.74, 6) is -0.807. The third-order valence-electron chi connectivity index (χ3n) is 5.63. The number of carbonyl (C=O) groups is 2. The van der Waals surface area contributed by atoms with Crippen LogP contribution < -0.4 is 10.2 Å². The van der Waals surface area contributed by atoms with E-state index in [2.05, 4.69) is 5.32 Å². The van der Waals surface area contributed by atoms with Crippen LogP contribution in [0.25, 0.3) is 0 Å². The summed E-state index contributed by atoms with van der Waals surface area (Å²) in [4.78, 5) is 27.0. The summed E-state index contributed by atoms with van der Waals surface area (Å²) >= 11 is 0. The lowest BCUT2D eigenvalue weighted by Crippen LogP contribution is -2.40. The summed E-state index contributed by atoms with van der Waals surface area (Å²) < 4.78 is 32.0. The second-order valence-electron chi connectivity index (χ2n) is 7.72. The summed E-state index contributed by atoms with van der Waals surface area (Å²) in [6.45, 7) is 3.67. The monoisotopic (exact) mass is 443 g/mol. The molecule has 2 heterocycles. The first-order chi connectivity index (χ1) is 14.9. The van der Waals surface area contributed by atoms with Crippen LogP contribution >= 0.6 is 0 Å². The smallest absolute Gasteiger partial charge is 0.243 e. The molecule has 2 amide bonds. The highest BCUT2D eigenvalue weighted by Crippen LogP contribution is 2.28. The predicted molar refractivity (Wildman–Crippen MR) is 116 cm³/mol. The lowest BCUT2D eigenvalue weighted by Gasteiger charge is -2.26. The molecule has 0 spiro atoms. The molecule has 2 aliphatic rings. The van der Waals surface area contributed by atoms with Gasteiger partial charge >= 0.3 is 0 Å². The van der Waals surface area contributed by atoms with Crippen molar-refractivity contribution in [3.63, 3.8) is 0 Å². The van der Waals surface area contributed by atoms with E-state index in [4.69, 9.17) is 4.74 Å². The van der Waals surface area contributed by atoms with Crippen LogP contribution in [0, 0.1) is 12.8 Å². The Bertz CT molecular complexity index is 1080. The van der Waals surface area contributed by atoms with Gasteiger partial charge in [-0.25, -0.2) is 8.42 Å². The average Bonchev–Trinajstić information content (AvgIpc) is 3.17. The molecule has 2 aliphatic heterocycles. The molecule has 2 saturated heterocycles. The quantitative estimate of drug-likeness (QED) is 0.763. The zero-order valence-corrected chi connectivity index (χ0v) is 18.1. The van der Waals surface area contributed by atoms with Crippen molar-refractivity contribution in [2.45, 2.75) is 18.2 Å². The van der Waals surface area contributed by atoms with E-state index in [1.807, 2.05) is 31.2 Å². The van der Waals surface area contributed by atoms with E-state index in [0.717, 1.165) is 11.3 Å². The Balaban J connectivity index is 1.41. The van der Waals surface area contributed by atoms with Crippen LogP contribution in [0.15, 0.2) is 53.4 Å². The van der Waals surface area contributed by atoms with Gasteiger partial charge in [-0.1, -0.05) is 18.2 Å². The number of hydrogen-bond acceptors (Lipinski definition) is 5. The first-order valence-electron chi connectivity index (χ1n) is 10.2. The highest BCUT2D eigenvalue weighted by molar-refractivity contribution is 7.89. The SMILES string of the molecule is Cc1ccccc1N1C[C@@H](C(=O)Nc2ccc(S(=O)(=O)N3CCOCC3)cc2)CC1=O. The number of hydrogen-bond donors (Lipinski definition) is 1. The largest absolute Gasteiger partial charge is 0.379 e. The minimum Gasteiger partial charge on any atom is -0.379 e. The van der Waals surface area contributed by atoms with E-state index in [1.54, 1.807) is 17.0 Å². The molecule has 0 aliphatic carbocycles. The van der Waals surface area contributed by atoms with Crippen LogP contribution in [0.3, 0.4) is 0 Å². The van der Waals surface area contributed by atoms with Crippen molar-refractivity contribution in [1.82, 2.24) is 4.31 Å². The number of para-hydroxylation sites is 1. The Morgan fingerprint density at radius 3 is 2.42 bits per heavy atom. The van der Waals surface area contributed by atoms with Crippen LogP contribution in [0.1, 0.15) is 12.0 Å². The van der Waals surface area contributed by atoms with Gasteiger partial charge in [0.1, 0.15) is 0 Å². The molecule has 164 valence electrons. The van der Waals surface area contributed by atoms with Gasteiger partial charge in [0.2, 0.25) is 21.8 Å². The molecule has 1 atom stereocenters. The van der Waals surface area contributed by atoms with Crippen molar-refractivity contribution in [2.24, 2.45) is 5.92 Å². The Labute approximate surface area is 181 Å². The molecule has 8 nitrogen and oxygen atoms in total. The second kappa shape index (κ2) is 8.78. The molecule has 2 fully saturated rings. The Morgan fingerprint density at radius 2 is 1.74 bits per heavy atom. The summed E-state index contributed by atoms with van der Waals surface area (Å²) in [5.41, 5.74) is 2.29. The molecule has 2 aromatic rings. The topological polar surface area (TPSA) is 96.0 Å². The molecule has 0 unspecified atom stereocenters. The molecule has 2 aromatic carbocycles. The number of morpholine rings is 1. The zero-order valence-electron chi connectivity index (χ0n) is 17.3. The molecule has 0 saturated carbocycles. The van der Waals surface area contributed by atoms with Gasteiger partial charge in [-0.2, -0.15) is 4.31 Å². The van der Waals surface area contributed by atoms with Crippen LogP contribution in [0.2, 0.25) is 0 Å². The molecular weight excluding hydrogens is 418 g/mol. The van der Waals surface area contributed by atoms with Crippen molar-refractivity contribution >= 4 is 33.2 Å². The number of ether oxygens (including phenoxy) is 1. The first-order valence-corrected chi connectivity index (χ1v) is 11.6. The summed E-state index contributed by atoms with van der Waals surface area (Å²) in [6.07, 6.45) is 0.143. The van der Waals surface area contributed by atoms with Crippen molar-refractivity contribution in [1.29, 1.82) is 0 Å². The van der Waals surface area contributed by atoms with Crippen molar-refractivity contribution in [3.05, 3.63) is 54.1 Å². The number of benzene rings is 2. The lowest BCUT2D eigenvalue weighted by molar-refractivity contribution is -0.122. The normalized spacial score (nSPS) is 20.1. The number of amides is 2. The minimum absolute atomic E-state index is 0.0820. The van der Waals surface area contributed by atoms with Crippen molar-refractivity contribution < 1.29 is 22.7 Å². The van der Waals surface area contributed by atoms with E-state index in [1.165, 1.54) is 16.4 Å². The van der Waals surface area contributed by atoms with Crippen LogP contribution in [0.5, 0.6) is 0 Å². The molecule has 1 N–H and O–H groups in total. The fraction of sp³-hybridized carbons (Fsp3) is 0.364. The average molecular weight is 444 g/mol. The number of nitrogens with one attached hydrogen (secondary N) is 1. The van der Waals surface area contributed by atoms with E-state index in [-0.39, 0.29) is 23.1 Å². The fourth-order valence-electron chi connectivity index (χ4n) is 3.87. The zero-order chi connectivity index (χ0) is 22.0. The molecular formula is C22H25N3O5S. The summed E-state index contributed by atoms with van der Waals surface area (Å²) in [7, 11) is -3.58. The van der Waals surface area contributed by atoms with Crippen molar-refractivity contribution in [2.75, 3.05) is 43.1 Å². The third-order valence-corrected chi connectivity index (χ3v) is 7.54. The molecule has 0 aromatic heterocycles. The standard InChI is InChI=1S/C22H25N3O5S/c1-16-4-2-3-5-20(16)25-15-17(14-21(25)26)22(27)23-18-6-8-19(9-7-18)31(28,29)24-10-12-30-13-11-24/h2-9,17H,10-15H2,1H3,(H,23,27)/t17-/m0/s1. The van der Waals surface area contributed by atoms with Crippen LogP contribution in [-0.2, 0) is 24.3 Å². The van der Waals surface area contributed by atoms with Crippen LogP contribution in [0.4, 0.5) is 11.4 Å². The highest BCUT2D eigenvalue weighted by Gasteiger charge is 2.35. The van der Waals surface area contributed by atoms with E-state index >= 15 is 0 Å². The molecule has 9 heteroatoms. The number of sulfonamides is 1. The summed E-state index contributed by atoms with van der Waals surface area (Å²) in [6, 6.07) is 13.7. The maximum absolute atomic E-state index is 12.7. The molecule has 31 heavy (non-hydrogen) atoms. The van der Waals surface area contributed by atoms with Crippen LogP contribution in [-0.4, -0.2) is 57.4 Å². The molecule has 0 radical (unpaired) electrons. The number of aryl methyl sites for hydroxylation is 1. The Morgan fingerprint density at radius 1 is 1.06 bits per heavy atom. The Kier molecular flexibility index (Phi) is 6.08. The first kappa shape index (κ1) is 21.5. The lowest BCUT2D eigenvalue weighted by atomic mass is 10.1. The molecule has 4 rings (SSSR count). The highest BCUT2D eigenvalue weighted by atomic mass is 32.2. The second-order valence-corrected chi connectivity index (χ2v) is 9.66. The molecule has 0 bridgehead atoms. The van der Waals surface area contributed by atoms with E-state index in [0.29, 0.717) is 38.5 Å². The maximum atomic E-state index is 12.7. The third kappa shape index (κ3) is 4.48. The van der Waals surface area contributed by atoms with Gasteiger partial charge in [-0.3, -0.25) is 9.59 Å². The van der Waals surface area contributed by atoms with E-state index < -0.39 is 15.9 Å². The van der Waals surface area contributed by atoms with Gasteiger partial charge in [-0.15, -0.1) is 0 Å².